The fourth-order valence-corrected chi connectivity index (χ4v) is 1.39. The molecule has 0 radical (unpaired) electrons. The number of ether oxygens (including phenoxy) is 1. The van der Waals surface area contributed by atoms with Crippen molar-refractivity contribution in [2.45, 2.75) is 25.0 Å². The SMILES string of the molecule is C=CC1=CCCC2OC12. The molecule has 1 saturated heterocycles. The minimum Gasteiger partial charge on any atom is -0.365 e. The van der Waals surface area contributed by atoms with E-state index in [9.17, 15) is 0 Å². The summed E-state index contributed by atoms with van der Waals surface area (Å²) in [5.74, 6) is 0. The quantitative estimate of drug-likeness (QED) is 0.482. The summed E-state index contributed by atoms with van der Waals surface area (Å²) < 4.78 is 5.34. The van der Waals surface area contributed by atoms with Gasteiger partial charge in [0.2, 0.25) is 0 Å². The lowest BCUT2D eigenvalue weighted by Gasteiger charge is -2.01. The molecule has 0 aromatic carbocycles. The molecule has 2 unspecified atom stereocenters. The van der Waals surface area contributed by atoms with E-state index in [1.165, 1.54) is 18.4 Å². The van der Waals surface area contributed by atoms with Crippen LogP contribution in [-0.2, 0) is 4.74 Å². The Hall–Kier alpha value is -0.560. The van der Waals surface area contributed by atoms with Crippen LogP contribution < -0.4 is 0 Å². The van der Waals surface area contributed by atoms with Crippen molar-refractivity contribution in [3.63, 3.8) is 0 Å². The van der Waals surface area contributed by atoms with E-state index in [0.29, 0.717) is 12.2 Å². The summed E-state index contributed by atoms with van der Waals surface area (Å²) in [6.07, 6.45) is 7.48. The molecular weight excluding hydrogens is 112 g/mol. The van der Waals surface area contributed by atoms with E-state index in [0.717, 1.165) is 0 Å². The second-order valence-electron chi connectivity index (χ2n) is 2.58. The van der Waals surface area contributed by atoms with Crippen molar-refractivity contribution >= 4 is 0 Å². The van der Waals surface area contributed by atoms with Gasteiger partial charge in [-0.1, -0.05) is 18.7 Å². The first-order valence-corrected chi connectivity index (χ1v) is 3.40. The van der Waals surface area contributed by atoms with Gasteiger partial charge in [-0.2, -0.15) is 0 Å². The number of fused-ring (bicyclic) bond motifs is 1. The highest BCUT2D eigenvalue weighted by Crippen LogP contribution is 2.37. The van der Waals surface area contributed by atoms with Crippen LogP contribution in [0.1, 0.15) is 12.8 Å². The van der Waals surface area contributed by atoms with E-state index in [2.05, 4.69) is 12.7 Å². The molecule has 0 bridgehead atoms. The van der Waals surface area contributed by atoms with Gasteiger partial charge in [0.1, 0.15) is 6.10 Å². The van der Waals surface area contributed by atoms with E-state index >= 15 is 0 Å². The summed E-state index contributed by atoms with van der Waals surface area (Å²) in [4.78, 5) is 0. The lowest BCUT2D eigenvalue weighted by atomic mass is 10.0. The van der Waals surface area contributed by atoms with Crippen molar-refractivity contribution < 1.29 is 4.74 Å². The van der Waals surface area contributed by atoms with Gasteiger partial charge in [-0.25, -0.2) is 0 Å². The third-order valence-electron chi connectivity index (χ3n) is 1.98. The molecule has 9 heavy (non-hydrogen) atoms. The van der Waals surface area contributed by atoms with Gasteiger partial charge in [-0.15, -0.1) is 0 Å². The fourth-order valence-electron chi connectivity index (χ4n) is 1.39. The molecule has 1 heteroatoms. The maximum absolute atomic E-state index is 5.34. The number of hydrogen-bond acceptors (Lipinski definition) is 1. The Bertz CT molecular complexity index is 169. The second-order valence-corrected chi connectivity index (χ2v) is 2.58. The molecule has 0 aromatic rings. The highest BCUT2D eigenvalue weighted by atomic mass is 16.6. The van der Waals surface area contributed by atoms with Crippen LogP contribution in [0.3, 0.4) is 0 Å². The van der Waals surface area contributed by atoms with Gasteiger partial charge in [0, 0.05) is 0 Å². The summed E-state index contributed by atoms with van der Waals surface area (Å²) in [5, 5.41) is 0. The predicted molar refractivity (Wildman–Crippen MR) is 36.2 cm³/mol. The highest BCUT2D eigenvalue weighted by Gasteiger charge is 2.41. The zero-order valence-electron chi connectivity index (χ0n) is 5.34. The summed E-state index contributed by atoms with van der Waals surface area (Å²) >= 11 is 0. The monoisotopic (exact) mass is 122 g/mol. The van der Waals surface area contributed by atoms with Crippen LogP contribution in [0.25, 0.3) is 0 Å². The molecule has 1 nitrogen and oxygen atoms in total. The molecule has 48 valence electrons. The smallest absolute Gasteiger partial charge is 0.109 e. The molecule has 1 aliphatic carbocycles. The van der Waals surface area contributed by atoms with Gasteiger partial charge >= 0.3 is 0 Å². The lowest BCUT2D eigenvalue weighted by molar-refractivity contribution is 0.383. The first-order chi connectivity index (χ1) is 4.42. The number of epoxide rings is 1. The van der Waals surface area contributed by atoms with Crippen LogP contribution in [0.5, 0.6) is 0 Å². The minimum atomic E-state index is 0.427. The largest absolute Gasteiger partial charge is 0.365 e. The van der Waals surface area contributed by atoms with Gasteiger partial charge < -0.3 is 4.74 Å². The molecule has 0 amide bonds. The molecule has 0 aromatic heterocycles. The topological polar surface area (TPSA) is 12.5 Å². The first-order valence-electron chi connectivity index (χ1n) is 3.40. The molecule has 1 fully saturated rings. The van der Waals surface area contributed by atoms with Crippen molar-refractivity contribution in [1.29, 1.82) is 0 Å². The van der Waals surface area contributed by atoms with E-state index < -0.39 is 0 Å². The van der Waals surface area contributed by atoms with Crippen LogP contribution >= 0.6 is 0 Å². The highest BCUT2D eigenvalue weighted by molar-refractivity contribution is 5.29. The van der Waals surface area contributed by atoms with Gasteiger partial charge in [0.15, 0.2) is 0 Å². The number of allylic oxidation sites excluding steroid dienone is 1. The van der Waals surface area contributed by atoms with E-state index in [1.54, 1.807) is 0 Å². The van der Waals surface area contributed by atoms with Crippen LogP contribution in [0.2, 0.25) is 0 Å². The number of hydrogen-bond donors (Lipinski definition) is 0. The second kappa shape index (κ2) is 1.71. The Labute approximate surface area is 55.0 Å². The fraction of sp³-hybridized carbons (Fsp3) is 0.500. The van der Waals surface area contributed by atoms with Crippen molar-refractivity contribution in [2.24, 2.45) is 0 Å². The molecule has 0 saturated carbocycles. The molecule has 0 N–H and O–H groups in total. The molecule has 2 rings (SSSR count). The summed E-state index contributed by atoms with van der Waals surface area (Å²) in [7, 11) is 0. The zero-order chi connectivity index (χ0) is 6.27. The van der Waals surface area contributed by atoms with Crippen LogP contribution in [0.4, 0.5) is 0 Å². The third kappa shape index (κ3) is 0.724. The van der Waals surface area contributed by atoms with Gasteiger partial charge in [-0.05, 0) is 18.4 Å². The summed E-state index contributed by atoms with van der Waals surface area (Å²) in [6, 6.07) is 0. The molecule has 2 atom stereocenters. The van der Waals surface area contributed by atoms with Gasteiger partial charge in [0.05, 0.1) is 6.10 Å². The summed E-state index contributed by atoms with van der Waals surface area (Å²) in [5.41, 5.74) is 1.30. The van der Waals surface area contributed by atoms with Gasteiger partial charge in [-0.3, -0.25) is 0 Å². The van der Waals surface area contributed by atoms with Crippen molar-refractivity contribution in [1.82, 2.24) is 0 Å². The zero-order valence-corrected chi connectivity index (χ0v) is 5.34. The van der Waals surface area contributed by atoms with E-state index in [4.69, 9.17) is 4.74 Å². The Morgan fingerprint density at radius 3 is 3.33 bits per heavy atom. The normalized spacial score (nSPS) is 38.9. The standard InChI is InChI=1S/C8H10O/c1-2-6-4-3-5-7-8(6)9-7/h2,4,7-8H,1,3,5H2. The lowest BCUT2D eigenvalue weighted by Crippen LogP contribution is -2.00. The van der Waals surface area contributed by atoms with Crippen molar-refractivity contribution in [3.8, 4) is 0 Å². The molecule has 1 heterocycles. The molecule has 0 spiro atoms. The molecule has 2 aliphatic rings. The average Bonchev–Trinajstić information content (AvgIpc) is 2.64. The van der Waals surface area contributed by atoms with Crippen LogP contribution in [-0.4, -0.2) is 12.2 Å². The Morgan fingerprint density at radius 1 is 1.78 bits per heavy atom. The van der Waals surface area contributed by atoms with Crippen molar-refractivity contribution in [3.05, 3.63) is 24.3 Å². The maximum atomic E-state index is 5.34. The van der Waals surface area contributed by atoms with Crippen molar-refractivity contribution in [2.75, 3.05) is 0 Å². The third-order valence-corrected chi connectivity index (χ3v) is 1.98. The Balaban J connectivity index is 2.19. The average molecular weight is 122 g/mol. The Morgan fingerprint density at radius 2 is 2.67 bits per heavy atom. The van der Waals surface area contributed by atoms with E-state index in [-0.39, 0.29) is 0 Å². The molecule has 1 aliphatic heterocycles. The van der Waals surface area contributed by atoms with Crippen LogP contribution in [0, 0.1) is 0 Å². The van der Waals surface area contributed by atoms with E-state index in [1.807, 2.05) is 6.08 Å². The molecular formula is C8H10O. The number of rotatable bonds is 1. The summed E-state index contributed by atoms with van der Waals surface area (Å²) in [6.45, 7) is 3.71. The predicted octanol–water partition coefficient (Wildman–Crippen LogP) is 1.66. The maximum Gasteiger partial charge on any atom is 0.109 e. The van der Waals surface area contributed by atoms with Gasteiger partial charge in [0.25, 0.3) is 0 Å². The minimum absolute atomic E-state index is 0.427. The Kier molecular flexibility index (Phi) is 0.995. The first kappa shape index (κ1) is 5.24. The van der Waals surface area contributed by atoms with Crippen LogP contribution in [0.15, 0.2) is 24.3 Å².